The summed E-state index contributed by atoms with van der Waals surface area (Å²) in [7, 11) is 0. The van der Waals surface area contributed by atoms with Crippen LogP contribution in [0.1, 0.15) is 23.4 Å². The van der Waals surface area contributed by atoms with Crippen LogP contribution in [-0.2, 0) is 6.54 Å². The van der Waals surface area contributed by atoms with Gasteiger partial charge in [-0.3, -0.25) is 0 Å². The van der Waals surface area contributed by atoms with E-state index in [4.69, 9.17) is 11.6 Å². The number of benzene rings is 1. The third-order valence-electron chi connectivity index (χ3n) is 2.66. The Kier molecular flexibility index (Phi) is 4.32. The van der Waals surface area contributed by atoms with Gasteiger partial charge < -0.3 is 5.32 Å². The van der Waals surface area contributed by atoms with Gasteiger partial charge >= 0.3 is 0 Å². The molecule has 1 nitrogen and oxygen atoms in total. The lowest BCUT2D eigenvalue weighted by Gasteiger charge is -2.14. The molecule has 0 saturated carbocycles. The third kappa shape index (κ3) is 3.07. The predicted molar refractivity (Wildman–Crippen MR) is 70.9 cm³/mol. The van der Waals surface area contributed by atoms with Crippen LogP contribution in [-0.4, -0.2) is 0 Å². The van der Waals surface area contributed by atoms with Crippen molar-refractivity contribution in [1.82, 2.24) is 5.32 Å². The van der Waals surface area contributed by atoms with Gasteiger partial charge in [-0.2, -0.15) is 0 Å². The molecule has 18 heavy (non-hydrogen) atoms. The first-order valence-electron chi connectivity index (χ1n) is 5.49. The van der Waals surface area contributed by atoms with Crippen LogP contribution in [0.5, 0.6) is 0 Å². The quantitative estimate of drug-likeness (QED) is 0.871. The minimum Gasteiger partial charge on any atom is -0.305 e. The summed E-state index contributed by atoms with van der Waals surface area (Å²) in [4.78, 5) is 1.06. The summed E-state index contributed by atoms with van der Waals surface area (Å²) in [5.41, 5.74) is 0.331. The average molecular weight is 288 g/mol. The largest absolute Gasteiger partial charge is 0.305 e. The molecule has 0 aliphatic rings. The minimum atomic E-state index is -0.819. The van der Waals surface area contributed by atoms with E-state index in [9.17, 15) is 8.78 Å². The highest BCUT2D eigenvalue weighted by molar-refractivity contribution is 7.16. The van der Waals surface area contributed by atoms with Crippen LogP contribution in [0.15, 0.2) is 30.3 Å². The Hall–Kier alpha value is -0.970. The number of nitrogens with one attached hydrogen (secondary N) is 1. The van der Waals surface area contributed by atoms with Crippen LogP contribution in [0.2, 0.25) is 4.34 Å². The lowest BCUT2D eigenvalue weighted by Crippen LogP contribution is -2.19. The highest BCUT2D eigenvalue weighted by Crippen LogP contribution is 2.23. The van der Waals surface area contributed by atoms with Crippen molar-refractivity contribution in [3.63, 3.8) is 0 Å². The highest BCUT2D eigenvalue weighted by atomic mass is 35.5. The molecule has 0 aliphatic carbocycles. The average Bonchev–Trinajstić information content (AvgIpc) is 2.76. The van der Waals surface area contributed by atoms with Gasteiger partial charge in [0.25, 0.3) is 0 Å². The van der Waals surface area contributed by atoms with Gasteiger partial charge in [-0.15, -0.1) is 11.3 Å². The summed E-state index contributed by atoms with van der Waals surface area (Å²) in [5, 5.41) is 3.14. The summed E-state index contributed by atoms with van der Waals surface area (Å²) in [6.07, 6.45) is 0. The van der Waals surface area contributed by atoms with Gasteiger partial charge in [-0.05, 0) is 25.1 Å². The molecule has 1 unspecified atom stereocenters. The highest BCUT2D eigenvalue weighted by Gasteiger charge is 2.13. The fourth-order valence-electron chi connectivity index (χ4n) is 1.67. The van der Waals surface area contributed by atoms with Gasteiger partial charge in [0, 0.05) is 23.0 Å². The van der Waals surface area contributed by atoms with Gasteiger partial charge in [0.05, 0.1) is 4.34 Å². The van der Waals surface area contributed by atoms with E-state index in [-0.39, 0.29) is 6.04 Å². The van der Waals surface area contributed by atoms with Crippen molar-refractivity contribution in [3.05, 3.63) is 56.7 Å². The second kappa shape index (κ2) is 5.78. The molecule has 2 aromatic rings. The van der Waals surface area contributed by atoms with Gasteiger partial charge in [0.1, 0.15) is 0 Å². The maximum atomic E-state index is 13.5. The molecule has 2 rings (SSSR count). The zero-order valence-corrected chi connectivity index (χ0v) is 11.3. The lowest BCUT2D eigenvalue weighted by molar-refractivity contribution is 0.473. The Morgan fingerprint density at radius 3 is 2.72 bits per heavy atom. The van der Waals surface area contributed by atoms with Crippen molar-refractivity contribution < 1.29 is 8.78 Å². The standard InChI is InChI=1S/C13H12ClF2NS/c1-8(10-3-2-4-11(15)13(10)16)17-7-9-5-6-12(14)18-9/h2-6,8,17H,7H2,1H3. The van der Waals surface area contributed by atoms with E-state index in [2.05, 4.69) is 5.32 Å². The second-order valence-electron chi connectivity index (χ2n) is 3.95. The predicted octanol–water partition coefficient (Wildman–Crippen LogP) is 4.53. The van der Waals surface area contributed by atoms with E-state index in [0.29, 0.717) is 12.1 Å². The van der Waals surface area contributed by atoms with E-state index in [1.807, 2.05) is 12.1 Å². The SMILES string of the molecule is CC(NCc1ccc(Cl)s1)c1cccc(F)c1F. The van der Waals surface area contributed by atoms with E-state index in [0.717, 1.165) is 15.3 Å². The third-order valence-corrected chi connectivity index (χ3v) is 3.89. The molecule has 0 saturated heterocycles. The molecule has 96 valence electrons. The van der Waals surface area contributed by atoms with Gasteiger partial charge in [0.15, 0.2) is 11.6 Å². The summed E-state index contributed by atoms with van der Waals surface area (Å²) in [6, 6.07) is 7.67. The van der Waals surface area contributed by atoms with Gasteiger partial charge in [-0.25, -0.2) is 8.78 Å². The first-order chi connectivity index (χ1) is 8.58. The molecular weight excluding hydrogens is 276 g/mol. The van der Waals surface area contributed by atoms with Crippen molar-refractivity contribution in [2.24, 2.45) is 0 Å². The molecule has 1 atom stereocenters. The number of thiophene rings is 1. The first-order valence-corrected chi connectivity index (χ1v) is 6.69. The van der Waals surface area contributed by atoms with E-state index >= 15 is 0 Å². The van der Waals surface area contributed by atoms with Crippen molar-refractivity contribution in [1.29, 1.82) is 0 Å². The van der Waals surface area contributed by atoms with Crippen LogP contribution in [0.3, 0.4) is 0 Å². The second-order valence-corrected chi connectivity index (χ2v) is 5.75. The molecular formula is C13H12ClF2NS. The first kappa shape index (κ1) is 13.5. The van der Waals surface area contributed by atoms with Crippen LogP contribution >= 0.6 is 22.9 Å². The van der Waals surface area contributed by atoms with Crippen LogP contribution < -0.4 is 5.32 Å². The smallest absolute Gasteiger partial charge is 0.163 e. The summed E-state index contributed by atoms with van der Waals surface area (Å²) in [5.74, 6) is -1.61. The van der Waals surface area contributed by atoms with Crippen molar-refractivity contribution >= 4 is 22.9 Å². The van der Waals surface area contributed by atoms with Gasteiger partial charge in [0.2, 0.25) is 0 Å². The van der Waals surface area contributed by atoms with E-state index < -0.39 is 11.6 Å². The Morgan fingerprint density at radius 1 is 1.28 bits per heavy atom. The molecule has 1 heterocycles. The molecule has 0 bridgehead atoms. The van der Waals surface area contributed by atoms with Crippen LogP contribution in [0.25, 0.3) is 0 Å². The molecule has 5 heteroatoms. The molecule has 0 radical (unpaired) electrons. The summed E-state index contributed by atoms with van der Waals surface area (Å²) in [6.45, 7) is 2.38. The number of hydrogen-bond acceptors (Lipinski definition) is 2. The zero-order chi connectivity index (χ0) is 13.1. The lowest BCUT2D eigenvalue weighted by atomic mass is 10.1. The molecule has 1 aromatic heterocycles. The summed E-state index contributed by atoms with van der Waals surface area (Å²) < 4.78 is 27.4. The summed E-state index contributed by atoms with van der Waals surface area (Å²) >= 11 is 7.29. The van der Waals surface area contributed by atoms with Crippen LogP contribution in [0.4, 0.5) is 8.78 Å². The molecule has 0 fully saturated rings. The monoisotopic (exact) mass is 287 g/mol. The normalized spacial score (nSPS) is 12.7. The van der Waals surface area contributed by atoms with Crippen molar-refractivity contribution in [2.75, 3.05) is 0 Å². The maximum absolute atomic E-state index is 13.5. The number of rotatable bonds is 4. The molecule has 0 aliphatic heterocycles. The molecule has 1 N–H and O–H groups in total. The minimum absolute atomic E-state index is 0.262. The van der Waals surface area contributed by atoms with Crippen LogP contribution in [0, 0.1) is 11.6 Å². The Bertz CT molecular complexity index is 542. The Balaban J connectivity index is 2.03. The fourth-order valence-corrected chi connectivity index (χ4v) is 2.70. The van der Waals surface area contributed by atoms with E-state index in [1.165, 1.54) is 17.4 Å². The Morgan fingerprint density at radius 2 is 2.06 bits per heavy atom. The Labute approximate surface area is 113 Å². The van der Waals surface area contributed by atoms with Crippen molar-refractivity contribution in [3.8, 4) is 0 Å². The topological polar surface area (TPSA) is 12.0 Å². The molecule has 0 amide bonds. The fraction of sp³-hybridized carbons (Fsp3) is 0.231. The van der Waals surface area contributed by atoms with E-state index in [1.54, 1.807) is 13.0 Å². The molecule has 0 spiro atoms. The van der Waals surface area contributed by atoms with Crippen molar-refractivity contribution in [2.45, 2.75) is 19.5 Å². The number of halogens is 3. The van der Waals surface area contributed by atoms with Gasteiger partial charge in [-0.1, -0.05) is 23.7 Å². The zero-order valence-electron chi connectivity index (χ0n) is 9.71. The maximum Gasteiger partial charge on any atom is 0.163 e. The molecule has 1 aromatic carbocycles. The number of hydrogen-bond donors (Lipinski definition) is 1.